The van der Waals surface area contributed by atoms with Gasteiger partial charge in [0.2, 0.25) is 5.91 Å². The molecule has 124 valence electrons. The lowest BCUT2D eigenvalue weighted by atomic mass is 9.97. The van der Waals surface area contributed by atoms with Gasteiger partial charge in [0.1, 0.15) is 0 Å². The van der Waals surface area contributed by atoms with Gasteiger partial charge in [0.15, 0.2) is 0 Å². The average Bonchev–Trinajstić information content (AvgIpc) is 3.02. The Kier molecular flexibility index (Phi) is 6.41. The number of likely N-dealkylation sites (tertiary alicyclic amines) is 1. The van der Waals surface area contributed by atoms with Crippen LogP contribution >= 0.6 is 11.3 Å². The highest BCUT2D eigenvalue weighted by atomic mass is 32.1. The summed E-state index contributed by atoms with van der Waals surface area (Å²) in [4.78, 5) is 16.0. The van der Waals surface area contributed by atoms with Crippen molar-refractivity contribution in [2.24, 2.45) is 17.6 Å². The van der Waals surface area contributed by atoms with E-state index in [1.807, 2.05) is 13.8 Å². The van der Waals surface area contributed by atoms with Crippen molar-refractivity contribution in [1.82, 2.24) is 10.2 Å². The summed E-state index contributed by atoms with van der Waals surface area (Å²) in [5, 5.41) is 5.22. The molecule has 1 aliphatic rings. The molecule has 1 aliphatic heterocycles. The molecule has 1 fully saturated rings. The topological polar surface area (TPSA) is 58.4 Å². The second kappa shape index (κ2) is 8.09. The van der Waals surface area contributed by atoms with Crippen LogP contribution in [0.3, 0.4) is 0 Å². The van der Waals surface area contributed by atoms with Gasteiger partial charge in [-0.2, -0.15) is 0 Å². The van der Waals surface area contributed by atoms with E-state index in [0.29, 0.717) is 6.54 Å². The molecule has 0 radical (unpaired) electrons. The normalized spacial score (nSPS) is 21.3. The molecule has 1 aromatic rings. The van der Waals surface area contributed by atoms with Gasteiger partial charge >= 0.3 is 0 Å². The van der Waals surface area contributed by atoms with E-state index in [4.69, 9.17) is 5.73 Å². The minimum absolute atomic E-state index is 0.0573. The highest BCUT2D eigenvalue weighted by molar-refractivity contribution is 7.10. The number of rotatable bonds is 6. The number of carbonyl (C=O) groups is 1. The zero-order valence-corrected chi connectivity index (χ0v) is 14.7. The molecule has 3 atom stereocenters. The molecule has 0 aliphatic carbocycles. The molecule has 4 nitrogen and oxygen atoms in total. The fraction of sp³-hybridized carbons (Fsp3) is 0.706. The number of hydrogen-bond acceptors (Lipinski definition) is 4. The first-order valence-electron chi connectivity index (χ1n) is 8.29. The van der Waals surface area contributed by atoms with E-state index >= 15 is 0 Å². The molecule has 22 heavy (non-hydrogen) atoms. The van der Waals surface area contributed by atoms with Crippen LogP contribution in [0.5, 0.6) is 0 Å². The molecule has 0 spiro atoms. The smallest absolute Gasteiger partial charge is 0.224 e. The molecule has 1 aromatic heterocycles. The first-order chi connectivity index (χ1) is 10.5. The first kappa shape index (κ1) is 17.4. The lowest BCUT2D eigenvalue weighted by molar-refractivity contribution is -0.125. The quantitative estimate of drug-likeness (QED) is 0.846. The van der Waals surface area contributed by atoms with Crippen molar-refractivity contribution in [3.05, 3.63) is 22.4 Å². The van der Waals surface area contributed by atoms with Crippen LogP contribution in [0, 0.1) is 11.8 Å². The highest BCUT2D eigenvalue weighted by Crippen LogP contribution is 2.29. The van der Waals surface area contributed by atoms with Gasteiger partial charge < -0.3 is 11.1 Å². The Bertz CT molecular complexity index is 452. The maximum atomic E-state index is 12.2. The molecule has 5 heteroatoms. The van der Waals surface area contributed by atoms with Crippen LogP contribution in [0.25, 0.3) is 0 Å². The third kappa shape index (κ3) is 4.54. The van der Waals surface area contributed by atoms with E-state index in [-0.39, 0.29) is 23.9 Å². The van der Waals surface area contributed by atoms with Crippen LogP contribution < -0.4 is 11.1 Å². The Balaban J connectivity index is 1.98. The van der Waals surface area contributed by atoms with Crippen molar-refractivity contribution < 1.29 is 4.79 Å². The van der Waals surface area contributed by atoms with Crippen molar-refractivity contribution in [1.29, 1.82) is 0 Å². The van der Waals surface area contributed by atoms with Gasteiger partial charge in [-0.3, -0.25) is 9.69 Å². The van der Waals surface area contributed by atoms with Gasteiger partial charge in [0.05, 0.1) is 6.04 Å². The lowest BCUT2D eigenvalue weighted by Gasteiger charge is -2.36. The zero-order chi connectivity index (χ0) is 16.1. The molecule has 3 N–H and O–H groups in total. The lowest BCUT2D eigenvalue weighted by Crippen LogP contribution is -2.44. The summed E-state index contributed by atoms with van der Waals surface area (Å²) >= 11 is 1.77. The minimum atomic E-state index is -0.148. The van der Waals surface area contributed by atoms with Crippen LogP contribution in [0.4, 0.5) is 0 Å². The predicted molar refractivity (Wildman–Crippen MR) is 92.9 cm³/mol. The molecule has 3 unspecified atom stereocenters. The molecular formula is C17H29N3OS. The summed E-state index contributed by atoms with van der Waals surface area (Å²) in [6.07, 6.45) is 2.48. The number of amides is 1. The summed E-state index contributed by atoms with van der Waals surface area (Å²) in [7, 11) is 0. The Morgan fingerprint density at radius 1 is 1.45 bits per heavy atom. The van der Waals surface area contributed by atoms with Crippen molar-refractivity contribution in [3.63, 3.8) is 0 Å². The number of carbonyl (C=O) groups excluding carboxylic acids is 1. The van der Waals surface area contributed by atoms with Crippen LogP contribution in [0.2, 0.25) is 0 Å². The van der Waals surface area contributed by atoms with E-state index in [1.54, 1.807) is 11.3 Å². The SMILES string of the molecule is CC1CCN(C(CNC(=O)C(C)C(C)N)c2cccs2)CC1. The second-order valence-electron chi connectivity index (χ2n) is 6.64. The van der Waals surface area contributed by atoms with E-state index in [1.165, 1.54) is 17.7 Å². The minimum Gasteiger partial charge on any atom is -0.354 e. The van der Waals surface area contributed by atoms with Crippen molar-refractivity contribution in [3.8, 4) is 0 Å². The summed E-state index contributed by atoms with van der Waals surface area (Å²) in [5.41, 5.74) is 5.83. The van der Waals surface area contributed by atoms with Gasteiger partial charge in [-0.25, -0.2) is 0 Å². The van der Waals surface area contributed by atoms with Gasteiger partial charge in [-0.1, -0.05) is 19.9 Å². The summed E-state index contributed by atoms with van der Waals surface area (Å²) < 4.78 is 0. The van der Waals surface area contributed by atoms with Crippen molar-refractivity contribution in [2.75, 3.05) is 19.6 Å². The van der Waals surface area contributed by atoms with Crippen molar-refractivity contribution >= 4 is 17.2 Å². The largest absolute Gasteiger partial charge is 0.354 e. The van der Waals surface area contributed by atoms with Gasteiger partial charge in [-0.15, -0.1) is 11.3 Å². The second-order valence-corrected chi connectivity index (χ2v) is 7.62. The first-order valence-corrected chi connectivity index (χ1v) is 9.17. The van der Waals surface area contributed by atoms with Gasteiger partial charge in [0, 0.05) is 23.4 Å². The molecule has 0 saturated carbocycles. The maximum absolute atomic E-state index is 12.2. The number of nitrogens with zero attached hydrogens (tertiary/aromatic N) is 1. The maximum Gasteiger partial charge on any atom is 0.224 e. The third-order valence-corrected chi connectivity index (χ3v) is 5.78. The van der Waals surface area contributed by atoms with Crippen LogP contribution in [-0.2, 0) is 4.79 Å². The molecular weight excluding hydrogens is 294 g/mol. The van der Waals surface area contributed by atoms with Crippen LogP contribution in [-0.4, -0.2) is 36.5 Å². The average molecular weight is 324 g/mol. The Labute approximate surface area is 138 Å². The molecule has 0 bridgehead atoms. The van der Waals surface area contributed by atoms with Crippen LogP contribution in [0.15, 0.2) is 17.5 Å². The molecule has 2 heterocycles. The van der Waals surface area contributed by atoms with Crippen molar-refractivity contribution in [2.45, 2.75) is 45.7 Å². The van der Waals surface area contributed by atoms with Gasteiger partial charge in [-0.05, 0) is 50.2 Å². The van der Waals surface area contributed by atoms with E-state index in [0.717, 1.165) is 19.0 Å². The number of nitrogens with one attached hydrogen (secondary N) is 1. The Morgan fingerprint density at radius 2 is 2.14 bits per heavy atom. The number of thiophene rings is 1. The third-order valence-electron chi connectivity index (χ3n) is 4.80. The Morgan fingerprint density at radius 3 is 2.68 bits per heavy atom. The van der Waals surface area contributed by atoms with E-state index in [2.05, 4.69) is 34.7 Å². The number of piperidine rings is 1. The van der Waals surface area contributed by atoms with Gasteiger partial charge in [0.25, 0.3) is 0 Å². The standard InChI is InChI=1S/C17H29N3OS/c1-12-6-8-20(9-7-12)15(16-5-4-10-22-16)11-19-17(21)13(2)14(3)18/h4-5,10,12-15H,6-9,11,18H2,1-3H3,(H,19,21). The molecule has 2 rings (SSSR count). The number of hydrogen-bond donors (Lipinski definition) is 2. The monoisotopic (exact) mass is 323 g/mol. The summed E-state index contributed by atoms with van der Waals surface area (Å²) in [6.45, 7) is 9.00. The fourth-order valence-corrected chi connectivity index (χ4v) is 3.69. The molecule has 1 amide bonds. The zero-order valence-electron chi connectivity index (χ0n) is 13.9. The predicted octanol–water partition coefficient (Wildman–Crippen LogP) is 2.62. The number of nitrogens with two attached hydrogens (primary N) is 1. The highest BCUT2D eigenvalue weighted by Gasteiger charge is 2.26. The molecule has 1 saturated heterocycles. The fourth-order valence-electron chi connectivity index (χ4n) is 2.83. The summed E-state index contributed by atoms with van der Waals surface area (Å²) in [5.74, 6) is 0.722. The Hall–Kier alpha value is -0.910. The molecule has 0 aromatic carbocycles. The van der Waals surface area contributed by atoms with E-state index in [9.17, 15) is 4.79 Å². The van der Waals surface area contributed by atoms with E-state index < -0.39 is 0 Å². The summed E-state index contributed by atoms with van der Waals surface area (Å²) in [6, 6.07) is 4.44. The van der Waals surface area contributed by atoms with Crippen LogP contribution in [0.1, 0.15) is 44.5 Å².